The van der Waals surface area contributed by atoms with Crippen LogP contribution in [0.1, 0.15) is 55.6 Å². The topological polar surface area (TPSA) is 46.6 Å². The highest BCUT2D eigenvalue weighted by Crippen LogP contribution is 2.26. The largest absolute Gasteiger partial charge is 0.444 e. The molecule has 20 heavy (non-hydrogen) atoms. The van der Waals surface area contributed by atoms with Gasteiger partial charge in [0.1, 0.15) is 5.60 Å². The molecule has 1 aliphatic rings. The summed E-state index contributed by atoms with van der Waals surface area (Å²) >= 11 is 0. The molecule has 0 radical (unpaired) electrons. The van der Waals surface area contributed by atoms with E-state index in [0.717, 1.165) is 16.7 Å². The molecule has 0 saturated heterocycles. The summed E-state index contributed by atoms with van der Waals surface area (Å²) in [5.74, 6) is 0.128. The van der Waals surface area contributed by atoms with Crippen molar-refractivity contribution in [2.24, 2.45) is 0 Å². The van der Waals surface area contributed by atoms with E-state index in [1.54, 1.807) is 4.90 Å². The highest BCUT2D eigenvalue weighted by molar-refractivity contribution is 5.96. The molecule has 2 rings (SSSR count). The minimum atomic E-state index is -0.491. The summed E-state index contributed by atoms with van der Waals surface area (Å²) in [4.78, 5) is 25.4. The average molecular weight is 275 g/mol. The molecular formula is C16H21NO3. The maximum Gasteiger partial charge on any atom is 0.410 e. The molecule has 4 nitrogen and oxygen atoms in total. The van der Waals surface area contributed by atoms with Gasteiger partial charge in [-0.1, -0.05) is 19.1 Å². The highest BCUT2D eigenvalue weighted by atomic mass is 16.6. The number of carbonyl (C=O) groups excluding carboxylic acids is 2. The van der Waals surface area contributed by atoms with Crippen LogP contribution in [0.4, 0.5) is 4.79 Å². The molecule has 1 aliphatic heterocycles. The van der Waals surface area contributed by atoms with Gasteiger partial charge in [0, 0.05) is 25.1 Å². The Morgan fingerprint density at radius 2 is 1.85 bits per heavy atom. The number of hydrogen-bond donors (Lipinski definition) is 0. The van der Waals surface area contributed by atoms with Crippen LogP contribution in [0.15, 0.2) is 18.2 Å². The van der Waals surface area contributed by atoms with Crippen molar-refractivity contribution in [2.45, 2.75) is 52.8 Å². The van der Waals surface area contributed by atoms with Crippen LogP contribution in [0.2, 0.25) is 0 Å². The van der Waals surface area contributed by atoms with Gasteiger partial charge in [0.15, 0.2) is 5.78 Å². The van der Waals surface area contributed by atoms with E-state index in [2.05, 4.69) is 0 Å². The average Bonchev–Trinajstić information content (AvgIpc) is 2.78. The normalized spacial score (nSPS) is 14.1. The van der Waals surface area contributed by atoms with E-state index in [9.17, 15) is 9.59 Å². The van der Waals surface area contributed by atoms with Crippen molar-refractivity contribution in [2.75, 3.05) is 0 Å². The summed E-state index contributed by atoms with van der Waals surface area (Å²) in [6.45, 7) is 8.47. The van der Waals surface area contributed by atoms with Gasteiger partial charge < -0.3 is 4.74 Å². The second-order valence-electron chi connectivity index (χ2n) is 6.10. The number of benzene rings is 1. The van der Waals surface area contributed by atoms with Gasteiger partial charge in [-0.05, 0) is 38.0 Å². The Morgan fingerprint density at radius 1 is 1.20 bits per heavy atom. The van der Waals surface area contributed by atoms with E-state index in [0.29, 0.717) is 19.5 Å². The van der Waals surface area contributed by atoms with Crippen LogP contribution in [0.3, 0.4) is 0 Å². The van der Waals surface area contributed by atoms with Crippen LogP contribution in [0.25, 0.3) is 0 Å². The van der Waals surface area contributed by atoms with Gasteiger partial charge in [-0.25, -0.2) is 4.79 Å². The van der Waals surface area contributed by atoms with Crippen LogP contribution in [0.5, 0.6) is 0 Å². The van der Waals surface area contributed by atoms with Crippen LogP contribution >= 0.6 is 0 Å². The predicted octanol–water partition coefficient (Wildman–Crippen LogP) is 3.53. The van der Waals surface area contributed by atoms with Gasteiger partial charge in [0.05, 0.1) is 0 Å². The van der Waals surface area contributed by atoms with Crippen molar-refractivity contribution in [1.82, 2.24) is 4.90 Å². The van der Waals surface area contributed by atoms with Crippen LogP contribution in [-0.4, -0.2) is 22.4 Å². The molecule has 0 unspecified atom stereocenters. The number of nitrogens with zero attached hydrogens (tertiary/aromatic N) is 1. The summed E-state index contributed by atoms with van der Waals surface area (Å²) in [7, 11) is 0. The quantitative estimate of drug-likeness (QED) is 0.776. The maximum absolute atomic E-state index is 12.0. The van der Waals surface area contributed by atoms with Crippen molar-refractivity contribution in [3.8, 4) is 0 Å². The summed E-state index contributed by atoms with van der Waals surface area (Å²) in [5.41, 5.74) is 2.35. The lowest BCUT2D eigenvalue weighted by molar-refractivity contribution is 0.0242. The number of carbonyl (C=O) groups is 2. The summed E-state index contributed by atoms with van der Waals surface area (Å²) < 4.78 is 5.37. The first-order chi connectivity index (χ1) is 9.30. The Kier molecular flexibility index (Phi) is 3.84. The molecule has 0 bridgehead atoms. The molecule has 0 spiro atoms. The number of ketones is 1. The first-order valence-corrected chi connectivity index (χ1v) is 6.93. The number of Topliss-reactive ketones (excluding diaryl/α,β-unsaturated/α-hetero) is 1. The zero-order valence-corrected chi connectivity index (χ0v) is 12.5. The third-order valence-electron chi connectivity index (χ3n) is 3.22. The van der Waals surface area contributed by atoms with Gasteiger partial charge >= 0.3 is 6.09 Å². The minimum Gasteiger partial charge on any atom is -0.444 e. The third-order valence-corrected chi connectivity index (χ3v) is 3.22. The number of hydrogen-bond acceptors (Lipinski definition) is 3. The fourth-order valence-electron chi connectivity index (χ4n) is 2.23. The summed E-state index contributed by atoms with van der Waals surface area (Å²) in [6, 6.07) is 5.66. The second-order valence-corrected chi connectivity index (χ2v) is 6.10. The number of fused-ring (bicyclic) bond motifs is 1. The van der Waals surface area contributed by atoms with Gasteiger partial charge in [-0.3, -0.25) is 9.69 Å². The van der Waals surface area contributed by atoms with Gasteiger partial charge in [-0.15, -0.1) is 0 Å². The zero-order chi connectivity index (χ0) is 14.9. The minimum absolute atomic E-state index is 0.128. The van der Waals surface area contributed by atoms with Crippen LogP contribution in [-0.2, 0) is 17.8 Å². The number of amides is 1. The molecule has 0 aliphatic carbocycles. The SMILES string of the molecule is CCC(=O)c1ccc2c(c1)CN(C(=O)OC(C)(C)C)C2. The Bertz CT molecular complexity index is 543. The monoisotopic (exact) mass is 275 g/mol. The first kappa shape index (κ1) is 14.6. The third kappa shape index (κ3) is 3.18. The second kappa shape index (κ2) is 5.27. The fraction of sp³-hybridized carbons (Fsp3) is 0.500. The fourth-order valence-corrected chi connectivity index (χ4v) is 2.23. The molecule has 1 amide bonds. The standard InChI is InChI=1S/C16H21NO3/c1-5-14(18)11-6-7-12-9-17(10-13(12)8-11)15(19)20-16(2,3)4/h6-8H,5,9-10H2,1-4H3. The van der Waals surface area contributed by atoms with Gasteiger partial charge in [0.25, 0.3) is 0 Å². The van der Waals surface area contributed by atoms with E-state index >= 15 is 0 Å². The summed E-state index contributed by atoms with van der Waals surface area (Å²) in [6.07, 6.45) is 0.186. The van der Waals surface area contributed by atoms with Crippen molar-refractivity contribution >= 4 is 11.9 Å². The lowest BCUT2D eigenvalue weighted by Crippen LogP contribution is -2.33. The van der Waals surface area contributed by atoms with E-state index < -0.39 is 5.60 Å². The van der Waals surface area contributed by atoms with Crippen LogP contribution < -0.4 is 0 Å². The van der Waals surface area contributed by atoms with E-state index in [-0.39, 0.29) is 11.9 Å². The smallest absolute Gasteiger partial charge is 0.410 e. The van der Waals surface area contributed by atoms with E-state index in [1.165, 1.54) is 0 Å². The lowest BCUT2D eigenvalue weighted by Gasteiger charge is -2.24. The molecule has 0 N–H and O–H groups in total. The molecule has 1 heterocycles. The van der Waals surface area contributed by atoms with E-state index in [1.807, 2.05) is 45.9 Å². The van der Waals surface area contributed by atoms with Crippen molar-refractivity contribution in [3.63, 3.8) is 0 Å². The first-order valence-electron chi connectivity index (χ1n) is 6.93. The van der Waals surface area contributed by atoms with Gasteiger partial charge in [0.2, 0.25) is 0 Å². The van der Waals surface area contributed by atoms with E-state index in [4.69, 9.17) is 4.74 Å². The van der Waals surface area contributed by atoms with Crippen molar-refractivity contribution in [3.05, 3.63) is 34.9 Å². The summed E-state index contributed by atoms with van der Waals surface area (Å²) in [5, 5.41) is 0. The Morgan fingerprint density at radius 3 is 2.45 bits per heavy atom. The predicted molar refractivity (Wildman–Crippen MR) is 76.5 cm³/mol. The molecule has 0 saturated carbocycles. The Balaban J connectivity index is 2.11. The zero-order valence-electron chi connectivity index (χ0n) is 12.5. The Labute approximate surface area is 119 Å². The molecule has 4 heteroatoms. The Hall–Kier alpha value is -1.84. The molecular weight excluding hydrogens is 254 g/mol. The highest BCUT2D eigenvalue weighted by Gasteiger charge is 2.28. The molecule has 0 fully saturated rings. The number of rotatable bonds is 2. The molecule has 0 atom stereocenters. The molecule has 1 aromatic rings. The maximum atomic E-state index is 12.0. The molecule has 0 aromatic heterocycles. The van der Waals surface area contributed by atoms with Crippen molar-refractivity contribution in [1.29, 1.82) is 0 Å². The van der Waals surface area contributed by atoms with Gasteiger partial charge in [-0.2, -0.15) is 0 Å². The van der Waals surface area contributed by atoms with Crippen LogP contribution in [0, 0.1) is 0 Å². The lowest BCUT2D eigenvalue weighted by atomic mass is 10.0. The van der Waals surface area contributed by atoms with Crippen molar-refractivity contribution < 1.29 is 14.3 Å². The molecule has 1 aromatic carbocycles. The molecule has 108 valence electrons. The number of ether oxygens (including phenoxy) is 1.